The number of hydrogen-bond acceptors (Lipinski definition) is 5. The Morgan fingerprint density at radius 2 is 1.73 bits per heavy atom. The SMILES string of the molecule is CN(C)n1cc(-c2ccccc2)nc1[C@@H](Cc1cc(Br)c(N)c(Br)c1)NC(=O)N1CCC(N2Cc3ccccc3NC2=O)CC1. The van der Waals surface area contributed by atoms with E-state index in [2.05, 4.69) is 42.5 Å². The molecule has 3 aromatic carbocycles. The number of fused-ring (bicyclic) bond motifs is 1. The van der Waals surface area contributed by atoms with E-state index in [4.69, 9.17) is 10.7 Å². The molecule has 0 spiro atoms. The quantitative estimate of drug-likeness (QED) is 0.192. The largest absolute Gasteiger partial charge is 0.397 e. The molecule has 1 aromatic heterocycles. The van der Waals surface area contributed by atoms with Crippen LogP contribution in [0.1, 0.15) is 35.8 Å². The summed E-state index contributed by atoms with van der Waals surface area (Å²) in [5.41, 5.74) is 11.6. The molecule has 1 fully saturated rings. The van der Waals surface area contributed by atoms with Crippen molar-refractivity contribution in [1.82, 2.24) is 24.8 Å². The zero-order valence-corrected chi connectivity index (χ0v) is 28.4. The standard InChI is InChI=1S/C33H36Br2N8O2/c1-40(2)43-20-29(22-8-4-3-5-9-22)37-31(43)28(18-21-16-25(34)30(36)26(35)17-21)39-32(44)41-14-12-24(13-15-41)42-19-23-10-6-7-11-27(23)38-33(42)45/h3-11,16-17,20,24,28H,12-15,18-19,36H2,1-2H3,(H,38,45)(H,39,44)/t28-/m1/s1. The monoisotopic (exact) mass is 734 g/mol. The van der Waals surface area contributed by atoms with Gasteiger partial charge in [0.2, 0.25) is 0 Å². The molecule has 0 bridgehead atoms. The van der Waals surface area contributed by atoms with Crippen LogP contribution in [0.15, 0.2) is 81.9 Å². The van der Waals surface area contributed by atoms with Gasteiger partial charge in [-0.25, -0.2) is 19.2 Å². The van der Waals surface area contributed by atoms with Gasteiger partial charge in [-0.1, -0.05) is 48.5 Å². The number of aromatic nitrogens is 2. The van der Waals surface area contributed by atoms with Gasteiger partial charge in [-0.2, -0.15) is 0 Å². The van der Waals surface area contributed by atoms with Crippen molar-refractivity contribution in [2.75, 3.05) is 43.2 Å². The summed E-state index contributed by atoms with van der Waals surface area (Å²) in [4.78, 5) is 35.6. The minimum Gasteiger partial charge on any atom is -0.397 e. The Morgan fingerprint density at radius 3 is 2.42 bits per heavy atom. The fourth-order valence-electron chi connectivity index (χ4n) is 6.03. The van der Waals surface area contributed by atoms with Gasteiger partial charge < -0.3 is 31.2 Å². The average molecular weight is 737 g/mol. The van der Waals surface area contributed by atoms with E-state index in [9.17, 15) is 9.59 Å². The smallest absolute Gasteiger partial charge is 0.322 e. The molecule has 3 heterocycles. The molecule has 4 amide bonds. The lowest BCUT2D eigenvalue weighted by Crippen LogP contribution is -2.53. The zero-order chi connectivity index (χ0) is 31.7. The van der Waals surface area contributed by atoms with Crippen LogP contribution in [-0.4, -0.2) is 64.7 Å². The number of hydrogen-bond donors (Lipinski definition) is 3. The summed E-state index contributed by atoms with van der Waals surface area (Å²) in [6.45, 7) is 1.67. The first-order chi connectivity index (χ1) is 21.7. The highest BCUT2D eigenvalue weighted by atomic mass is 79.9. The number of amides is 4. The minimum atomic E-state index is -0.443. The Morgan fingerprint density at radius 1 is 1.07 bits per heavy atom. The summed E-state index contributed by atoms with van der Waals surface area (Å²) in [6.07, 6.45) is 3.89. The van der Waals surface area contributed by atoms with Gasteiger partial charge in [-0.3, -0.25) is 0 Å². The van der Waals surface area contributed by atoms with Crippen molar-refractivity contribution < 1.29 is 9.59 Å². The number of halogens is 2. The Kier molecular flexibility index (Phi) is 9.04. The lowest BCUT2D eigenvalue weighted by molar-refractivity contribution is 0.127. The number of anilines is 2. The number of nitrogens with zero attached hydrogens (tertiary/aromatic N) is 5. The molecular weight excluding hydrogens is 700 g/mol. The van der Waals surface area contributed by atoms with E-state index in [0.29, 0.717) is 44.6 Å². The lowest BCUT2D eigenvalue weighted by atomic mass is 10.0. The number of imidazole rings is 1. The van der Waals surface area contributed by atoms with Crippen LogP contribution in [0.4, 0.5) is 21.0 Å². The normalized spacial score (nSPS) is 15.8. The maximum atomic E-state index is 13.9. The number of benzene rings is 3. The lowest BCUT2D eigenvalue weighted by Gasteiger charge is -2.40. The highest BCUT2D eigenvalue weighted by Crippen LogP contribution is 2.33. The van der Waals surface area contributed by atoms with Gasteiger partial charge in [0, 0.05) is 66.4 Å². The molecule has 1 atom stereocenters. The predicted octanol–water partition coefficient (Wildman–Crippen LogP) is 6.36. The van der Waals surface area contributed by atoms with Gasteiger partial charge in [0.25, 0.3) is 0 Å². The molecule has 234 valence electrons. The van der Waals surface area contributed by atoms with Crippen molar-refractivity contribution in [3.05, 3.63) is 98.8 Å². The second-order valence-corrected chi connectivity index (χ2v) is 13.4. The van der Waals surface area contributed by atoms with Crippen molar-refractivity contribution in [3.63, 3.8) is 0 Å². The van der Waals surface area contributed by atoms with Crippen LogP contribution in [0.25, 0.3) is 11.3 Å². The molecule has 10 nitrogen and oxygen atoms in total. The van der Waals surface area contributed by atoms with Crippen molar-refractivity contribution in [1.29, 1.82) is 0 Å². The first-order valence-electron chi connectivity index (χ1n) is 14.9. The molecule has 0 aliphatic carbocycles. The van der Waals surface area contributed by atoms with E-state index >= 15 is 0 Å². The topological polar surface area (TPSA) is 112 Å². The molecule has 2 aliphatic rings. The van der Waals surface area contributed by atoms with Crippen molar-refractivity contribution >= 4 is 55.3 Å². The van der Waals surface area contributed by atoms with Crippen LogP contribution in [0.5, 0.6) is 0 Å². The number of urea groups is 2. The van der Waals surface area contributed by atoms with Gasteiger partial charge in [-0.15, -0.1) is 0 Å². The third kappa shape index (κ3) is 6.67. The van der Waals surface area contributed by atoms with Gasteiger partial charge in [-0.05, 0) is 74.0 Å². The molecule has 45 heavy (non-hydrogen) atoms. The molecule has 4 aromatic rings. The first-order valence-corrected chi connectivity index (χ1v) is 16.5. The Labute approximate surface area is 279 Å². The van der Waals surface area contributed by atoms with Gasteiger partial charge in [0.15, 0.2) is 5.82 Å². The number of rotatable bonds is 7. The Balaban J connectivity index is 1.22. The highest BCUT2D eigenvalue weighted by molar-refractivity contribution is 9.11. The maximum Gasteiger partial charge on any atom is 0.322 e. The molecule has 1 saturated heterocycles. The molecule has 6 rings (SSSR count). The summed E-state index contributed by atoms with van der Waals surface area (Å²) in [5.74, 6) is 0.717. The summed E-state index contributed by atoms with van der Waals surface area (Å²) >= 11 is 7.14. The van der Waals surface area contributed by atoms with Gasteiger partial charge in [0.05, 0.1) is 23.6 Å². The number of likely N-dealkylation sites (tertiary alicyclic amines) is 1. The van der Waals surface area contributed by atoms with Crippen LogP contribution < -0.4 is 21.4 Å². The summed E-state index contributed by atoms with van der Waals surface area (Å²) < 4.78 is 3.54. The first kappa shape index (κ1) is 31.0. The number of nitrogen functional groups attached to an aromatic ring is 1. The molecule has 4 N–H and O–H groups in total. The van der Waals surface area contributed by atoms with Crippen molar-refractivity contribution in [2.24, 2.45) is 0 Å². The summed E-state index contributed by atoms with van der Waals surface area (Å²) in [7, 11) is 3.91. The summed E-state index contributed by atoms with van der Waals surface area (Å²) in [5, 5.41) is 8.27. The van der Waals surface area contributed by atoms with Gasteiger partial charge >= 0.3 is 12.1 Å². The van der Waals surface area contributed by atoms with E-state index in [0.717, 1.165) is 42.8 Å². The zero-order valence-electron chi connectivity index (χ0n) is 25.2. The highest BCUT2D eigenvalue weighted by Gasteiger charge is 2.34. The Bertz CT molecular complexity index is 1680. The second kappa shape index (κ2) is 13.1. The van der Waals surface area contributed by atoms with E-state index in [1.165, 1.54) is 0 Å². The van der Waals surface area contributed by atoms with E-state index in [1.54, 1.807) is 0 Å². The molecule has 2 aliphatic heterocycles. The molecule has 0 saturated carbocycles. The van der Waals surface area contributed by atoms with Crippen LogP contribution >= 0.6 is 31.9 Å². The minimum absolute atomic E-state index is 0.0590. The number of nitrogens with two attached hydrogens (primary N) is 1. The third-order valence-electron chi connectivity index (χ3n) is 8.46. The number of nitrogens with one attached hydrogen (secondary N) is 2. The second-order valence-electron chi connectivity index (χ2n) is 11.7. The van der Waals surface area contributed by atoms with E-state index < -0.39 is 6.04 Å². The van der Waals surface area contributed by atoms with E-state index in [1.807, 2.05) is 107 Å². The van der Waals surface area contributed by atoms with Gasteiger partial charge in [0.1, 0.15) is 0 Å². The number of carbonyl (C=O) groups is 2. The molecule has 0 radical (unpaired) electrons. The molecule has 12 heteroatoms. The molecule has 0 unspecified atom stereocenters. The molecular formula is C33H36Br2N8O2. The summed E-state index contributed by atoms with van der Waals surface area (Å²) in [6, 6.07) is 21.2. The fourth-order valence-corrected chi connectivity index (χ4v) is 7.31. The number of carbonyl (C=O) groups excluding carboxylic acids is 2. The van der Waals surface area contributed by atoms with Crippen molar-refractivity contribution in [2.45, 2.75) is 37.9 Å². The van der Waals surface area contributed by atoms with Crippen molar-refractivity contribution in [3.8, 4) is 11.3 Å². The average Bonchev–Trinajstić information content (AvgIpc) is 3.50. The Hall–Kier alpha value is -4.03. The van der Waals surface area contributed by atoms with Crippen LogP contribution in [-0.2, 0) is 13.0 Å². The van der Waals surface area contributed by atoms with Crippen LogP contribution in [0.3, 0.4) is 0 Å². The predicted molar refractivity (Wildman–Crippen MR) is 185 cm³/mol. The third-order valence-corrected chi connectivity index (χ3v) is 9.77. The van der Waals surface area contributed by atoms with E-state index in [-0.39, 0.29) is 18.1 Å². The fraction of sp³-hybridized carbons (Fsp3) is 0.303. The van der Waals surface area contributed by atoms with Crippen LogP contribution in [0.2, 0.25) is 0 Å². The maximum absolute atomic E-state index is 13.9. The number of para-hydroxylation sites is 1. The number of piperidine rings is 1. The van der Waals surface area contributed by atoms with Crippen LogP contribution in [0, 0.1) is 0 Å².